The van der Waals surface area contributed by atoms with Crippen molar-refractivity contribution in [1.29, 1.82) is 0 Å². The van der Waals surface area contributed by atoms with Crippen LogP contribution in [-0.2, 0) is 37.2 Å². The third-order valence-electron chi connectivity index (χ3n) is 12.3. The number of ether oxygens (including phenoxy) is 2. The van der Waals surface area contributed by atoms with Gasteiger partial charge in [-0.2, -0.15) is 18.2 Å². The summed E-state index contributed by atoms with van der Waals surface area (Å²) in [6.45, 7) is 0.0828. The molecule has 0 radical (unpaired) electrons. The zero-order chi connectivity index (χ0) is 43.5. The molecule has 12 nitrogen and oxygen atoms in total. The summed E-state index contributed by atoms with van der Waals surface area (Å²) in [5.41, 5.74) is 2.03. The van der Waals surface area contributed by atoms with E-state index in [1.54, 1.807) is 60.7 Å². The van der Waals surface area contributed by atoms with Gasteiger partial charge in [-0.3, -0.25) is 29.5 Å². The lowest BCUT2D eigenvalue weighted by Crippen LogP contribution is -2.54. The standard InChI is InChI=1S/C44H37Cl2F3N4O8/c1-60-34-17-23(18-35(61-2)37(34)55)5-14-31-28-12-13-29-36(41(58)52(39(29)56)16-15-22-3-10-27(54)11-4-22)30(28)20-32-40(57)53(42(59)43(31,32)24-6-8-26(45)9-7-24)51-38-33(46)19-25(21-50-38)44(47,48)49/h3-12,14,17-19,21,29-32,36,54-55H,13,15-16,20H2,1-2H3,(H,50,51). The molecule has 3 aromatic carbocycles. The van der Waals surface area contributed by atoms with Gasteiger partial charge in [-0.15, -0.1) is 0 Å². The van der Waals surface area contributed by atoms with Crippen molar-refractivity contribution in [1.82, 2.24) is 14.9 Å². The smallest absolute Gasteiger partial charge is 0.417 e. The maximum atomic E-state index is 15.4. The number of methoxy groups -OCH3 is 2. The van der Waals surface area contributed by atoms with Crippen LogP contribution >= 0.6 is 23.2 Å². The van der Waals surface area contributed by atoms with Crippen LogP contribution in [0.5, 0.6) is 23.0 Å². The summed E-state index contributed by atoms with van der Waals surface area (Å²) in [6.07, 6.45) is 1.48. The summed E-state index contributed by atoms with van der Waals surface area (Å²) in [6, 6.07) is 16.6. The number of nitrogens with one attached hydrogen (secondary N) is 1. The second-order valence-corrected chi connectivity index (χ2v) is 16.2. The number of rotatable bonds is 10. The molecule has 17 heteroatoms. The molecule has 0 spiro atoms. The van der Waals surface area contributed by atoms with E-state index in [4.69, 9.17) is 32.7 Å². The molecule has 3 N–H and O–H groups in total. The molecule has 316 valence electrons. The Kier molecular flexibility index (Phi) is 10.8. The predicted octanol–water partition coefficient (Wildman–Crippen LogP) is 7.61. The minimum Gasteiger partial charge on any atom is -0.508 e. The number of phenolic OH excluding ortho intramolecular Hbond substituents is 2. The molecule has 4 aliphatic rings. The summed E-state index contributed by atoms with van der Waals surface area (Å²) in [5.74, 6) is -7.15. The largest absolute Gasteiger partial charge is 0.508 e. The van der Waals surface area contributed by atoms with Gasteiger partial charge in [-0.05, 0) is 84.3 Å². The van der Waals surface area contributed by atoms with Crippen LogP contribution in [0, 0.1) is 29.6 Å². The van der Waals surface area contributed by atoms with E-state index in [-0.39, 0.29) is 54.1 Å². The van der Waals surface area contributed by atoms with Gasteiger partial charge in [0.15, 0.2) is 17.3 Å². The molecular formula is C44H37Cl2F3N4O8. The number of pyridine rings is 1. The Balaban J connectivity index is 1.26. The van der Waals surface area contributed by atoms with E-state index < -0.39 is 69.5 Å². The number of nitrogens with zero attached hydrogens (tertiary/aromatic N) is 3. The number of halogens is 5. The summed E-state index contributed by atoms with van der Waals surface area (Å²) in [5, 5.41) is 20.9. The highest BCUT2D eigenvalue weighted by Crippen LogP contribution is 2.61. The second kappa shape index (κ2) is 15.8. The molecular weight excluding hydrogens is 840 g/mol. The fourth-order valence-electron chi connectivity index (χ4n) is 9.44. The highest BCUT2D eigenvalue weighted by atomic mass is 35.5. The Morgan fingerprint density at radius 3 is 2.21 bits per heavy atom. The van der Waals surface area contributed by atoms with E-state index in [1.807, 2.05) is 6.08 Å². The van der Waals surface area contributed by atoms with Gasteiger partial charge in [-0.1, -0.05) is 71.3 Å². The number of imide groups is 2. The van der Waals surface area contributed by atoms with Crippen LogP contribution in [0.15, 0.2) is 90.7 Å². The van der Waals surface area contributed by atoms with Gasteiger partial charge in [0.05, 0.1) is 48.0 Å². The number of anilines is 1. The van der Waals surface area contributed by atoms with Crippen LogP contribution in [-0.4, -0.2) is 69.5 Å². The number of carbonyl (C=O) groups excluding carboxylic acids is 4. The Morgan fingerprint density at radius 2 is 1.59 bits per heavy atom. The van der Waals surface area contributed by atoms with Crippen molar-refractivity contribution >= 4 is 58.7 Å². The van der Waals surface area contributed by atoms with E-state index in [0.717, 1.165) is 10.6 Å². The van der Waals surface area contributed by atoms with Gasteiger partial charge >= 0.3 is 6.18 Å². The molecule has 1 aromatic heterocycles. The topological polar surface area (TPSA) is 159 Å². The van der Waals surface area contributed by atoms with Crippen LogP contribution in [0.3, 0.4) is 0 Å². The Morgan fingerprint density at radius 1 is 0.918 bits per heavy atom. The minimum absolute atomic E-state index is 0.0530. The lowest BCUT2D eigenvalue weighted by molar-refractivity contribution is -0.141. The number of hydrazine groups is 1. The summed E-state index contributed by atoms with van der Waals surface area (Å²) < 4.78 is 51.4. The average Bonchev–Trinajstić information content (AvgIpc) is 3.61. The van der Waals surface area contributed by atoms with Crippen molar-refractivity contribution in [2.75, 3.05) is 26.2 Å². The number of phenols is 2. The van der Waals surface area contributed by atoms with Crippen molar-refractivity contribution in [2.45, 2.75) is 30.9 Å². The fourth-order valence-corrected chi connectivity index (χ4v) is 9.77. The third-order valence-corrected chi connectivity index (χ3v) is 12.8. The third kappa shape index (κ3) is 7.02. The van der Waals surface area contributed by atoms with Crippen LogP contribution < -0.4 is 14.9 Å². The quantitative estimate of drug-likeness (QED) is 0.107. The average molecular weight is 878 g/mol. The summed E-state index contributed by atoms with van der Waals surface area (Å²) in [7, 11) is 2.74. The van der Waals surface area contributed by atoms with Crippen molar-refractivity contribution in [2.24, 2.45) is 29.6 Å². The Hall–Kier alpha value is -6.06. The van der Waals surface area contributed by atoms with E-state index in [2.05, 4.69) is 10.4 Å². The van der Waals surface area contributed by atoms with E-state index in [1.165, 1.54) is 31.3 Å². The molecule has 0 bridgehead atoms. The first-order valence-electron chi connectivity index (χ1n) is 19.2. The first-order valence-corrected chi connectivity index (χ1v) is 19.9. The van der Waals surface area contributed by atoms with Gasteiger partial charge < -0.3 is 19.7 Å². The number of benzene rings is 3. The maximum absolute atomic E-state index is 15.4. The zero-order valence-electron chi connectivity index (χ0n) is 32.5. The highest BCUT2D eigenvalue weighted by Gasteiger charge is 2.69. The van der Waals surface area contributed by atoms with E-state index >= 15 is 4.79 Å². The number of likely N-dealkylation sites (tertiary alicyclic amines) is 1. The zero-order valence-corrected chi connectivity index (χ0v) is 34.0. The fraction of sp³-hybridized carbons (Fsp3) is 0.295. The first-order chi connectivity index (χ1) is 29.1. The molecule has 1 saturated carbocycles. The molecule has 2 aliphatic carbocycles. The first kappa shape index (κ1) is 41.7. The normalized spacial score (nSPS) is 24.8. The van der Waals surface area contributed by atoms with Gasteiger partial charge in [0.1, 0.15) is 5.75 Å². The van der Waals surface area contributed by atoms with Crippen molar-refractivity contribution < 1.29 is 52.0 Å². The van der Waals surface area contributed by atoms with Crippen LogP contribution in [0.1, 0.15) is 35.1 Å². The number of hydrogen-bond acceptors (Lipinski definition) is 10. The van der Waals surface area contributed by atoms with Crippen LogP contribution in [0.4, 0.5) is 19.0 Å². The molecule has 4 amide bonds. The maximum Gasteiger partial charge on any atom is 0.417 e. The second-order valence-electron chi connectivity index (χ2n) is 15.3. The van der Waals surface area contributed by atoms with Gasteiger partial charge in [0.25, 0.3) is 11.8 Å². The molecule has 3 fully saturated rings. The summed E-state index contributed by atoms with van der Waals surface area (Å²) in [4.78, 5) is 63.8. The van der Waals surface area contributed by atoms with Gasteiger partial charge in [-0.25, -0.2) is 4.98 Å². The number of hydrogen-bond donors (Lipinski definition) is 3. The van der Waals surface area contributed by atoms with Gasteiger partial charge in [0.2, 0.25) is 17.6 Å². The Bertz CT molecular complexity index is 2490. The number of aromatic hydroxyl groups is 2. The van der Waals surface area contributed by atoms with Crippen LogP contribution in [0.25, 0.3) is 6.08 Å². The summed E-state index contributed by atoms with van der Waals surface area (Å²) >= 11 is 12.6. The Labute approximate surface area is 357 Å². The number of allylic oxidation sites excluding steroid dienone is 3. The minimum atomic E-state index is -4.77. The number of amides is 4. The molecule has 3 heterocycles. The monoisotopic (exact) mass is 876 g/mol. The van der Waals surface area contributed by atoms with Crippen molar-refractivity contribution in [3.05, 3.63) is 123 Å². The molecule has 2 aliphatic heterocycles. The SMILES string of the molecule is COc1cc(C=CC2C3=CCC4C(=O)N(CCc5ccc(O)cc5)C(=O)C4C3CC3C(=O)N(Nc4ncc(C(F)(F)F)cc4Cl)C(=O)C23c2ccc(Cl)cc2)cc(OC)c1O. The van der Waals surface area contributed by atoms with Crippen molar-refractivity contribution in [3.8, 4) is 23.0 Å². The number of fused-ring (bicyclic) bond motifs is 4. The lowest BCUT2D eigenvalue weighted by Gasteiger charge is -2.49. The number of carbonyl (C=O) groups is 4. The molecule has 6 unspecified atom stereocenters. The van der Waals surface area contributed by atoms with E-state index in [9.17, 15) is 37.8 Å². The lowest BCUT2D eigenvalue weighted by atomic mass is 9.50. The van der Waals surface area contributed by atoms with E-state index in [0.29, 0.717) is 40.4 Å². The molecule has 8 rings (SSSR count). The van der Waals surface area contributed by atoms with Gasteiger partial charge in [0, 0.05) is 23.7 Å². The molecule has 6 atom stereocenters. The predicted molar refractivity (Wildman–Crippen MR) is 216 cm³/mol. The molecule has 2 saturated heterocycles. The molecule has 4 aromatic rings. The van der Waals surface area contributed by atoms with Crippen LogP contribution in [0.2, 0.25) is 10.0 Å². The number of aromatic nitrogens is 1. The number of alkyl halides is 3. The highest BCUT2D eigenvalue weighted by molar-refractivity contribution is 6.33. The molecule has 61 heavy (non-hydrogen) atoms. The van der Waals surface area contributed by atoms with Crippen molar-refractivity contribution in [3.63, 3.8) is 0 Å².